The van der Waals surface area contributed by atoms with Gasteiger partial charge in [-0.05, 0) is 62.1 Å². The molecular weight excluding hydrogens is 364 g/mol. The first-order chi connectivity index (χ1) is 12.7. The number of carbonyl (C=O) groups is 1. The normalized spacial score (nSPS) is 13.9. The molecule has 1 fully saturated rings. The molecule has 2 aromatic rings. The Morgan fingerprint density at radius 2 is 1.78 bits per heavy atom. The lowest BCUT2D eigenvalue weighted by Gasteiger charge is -2.24. The van der Waals surface area contributed by atoms with E-state index in [0.717, 1.165) is 24.0 Å². The molecule has 0 spiro atoms. The molecule has 7 heteroatoms. The van der Waals surface area contributed by atoms with Crippen LogP contribution >= 0.6 is 0 Å². The van der Waals surface area contributed by atoms with E-state index in [2.05, 4.69) is 4.72 Å². The van der Waals surface area contributed by atoms with E-state index in [1.54, 1.807) is 41.3 Å². The number of carbonyl (C=O) groups excluding carboxylic acids is 1. The number of nitrogens with zero attached hydrogens (tertiary/aromatic N) is 1. The van der Waals surface area contributed by atoms with E-state index in [0.29, 0.717) is 11.4 Å². The van der Waals surface area contributed by atoms with Gasteiger partial charge in [0.25, 0.3) is 10.0 Å². The Balaban J connectivity index is 2.03. The van der Waals surface area contributed by atoms with E-state index in [1.807, 2.05) is 13.8 Å². The highest BCUT2D eigenvalue weighted by Gasteiger charge is 2.34. The van der Waals surface area contributed by atoms with Gasteiger partial charge in [0.1, 0.15) is 10.6 Å². The summed E-state index contributed by atoms with van der Waals surface area (Å²) in [7, 11) is -2.45. The van der Waals surface area contributed by atoms with Gasteiger partial charge in [0.2, 0.25) is 5.91 Å². The second kappa shape index (κ2) is 7.23. The van der Waals surface area contributed by atoms with E-state index in [1.165, 1.54) is 14.0 Å². The third-order valence-electron chi connectivity index (χ3n) is 4.73. The van der Waals surface area contributed by atoms with Crippen molar-refractivity contribution in [3.8, 4) is 5.75 Å². The Morgan fingerprint density at radius 1 is 1.15 bits per heavy atom. The number of para-hydroxylation sites is 2. The Labute approximate surface area is 160 Å². The first-order valence-corrected chi connectivity index (χ1v) is 10.3. The minimum Gasteiger partial charge on any atom is -0.495 e. The number of ether oxygens (including phenoxy) is 1. The molecule has 0 heterocycles. The second-order valence-electron chi connectivity index (χ2n) is 6.83. The van der Waals surface area contributed by atoms with Gasteiger partial charge in [-0.2, -0.15) is 0 Å². The first-order valence-electron chi connectivity index (χ1n) is 8.81. The summed E-state index contributed by atoms with van der Waals surface area (Å²) >= 11 is 0. The molecular formula is C20H24N2O4S. The smallest absolute Gasteiger partial charge is 0.265 e. The van der Waals surface area contributed by atoms with Gasteiger partial charge in [-0.3, -0.25) is 9.52 Å². The Hall–Kier alpha value is -2.54. The van der Waals surface area contributed by atoms with Crippen LogP contribution in [-0.2, 0) is 14.8 Å². The van der Waals surface area contributed by atoms with Crippen LogP contribution in [0, 0.1) is 13.8 Å². The molecule has 6 nitrogen and oxygen atoms in total. The van der Waals surface area contributed by atoms with Gasteiger partial charge < -0.3 is 9.64 Å². The van der Waals surface area contributed by atoms with Crippen LogP contribution in [-0.4, -0.2) is 27.5 Å². The van der Waals surface area contributed by atoms with Gasteiger partial charge in [-0.25, -0.2) is 8.42 Å². The van der Waals surface area contributed by atoms with Crippen molar-refractivity contribution in [2.45, 2.75) is 44.6 Å². The van der Waals surface area contributed by atoms with Gasteiger partial charge >= 0.3 is 0 Å². The van der Waals surface area contributed by atoms with Crippen LogP contribution in [0.1, 0.15) is 30.9 Å². The predicted molar refractivity (Wildman–Crippen MR) is 106 cm³/mol. The highest BCUT2D eigenvalue weighted by atomic mass is 32.2. The molecule has 1 aliphatic rings. The highest BCUT2D eigenvalue weighted by molar-refractivity contribution is 7.92. The first kappa shape index (κ1) is 19.2. The minimum atomic E-state index is -3.90. The number of nitrogens with one attached hydrogen (secondary N) is 1. The molecule has 2 aromatic carbocycles. The van der Waals surface area contributed by atoms with Gasteiger partial charge in [0, 0.05) is 13.0 Å². The van der Waals surface area contributed by atoms with Crippen molar-refractivity contribution in [3.05, 3.63) is 47.5 Å². The molecule has 0 aromatic heterocycles. The SMILES string of the molecule is COc1cc(C)c(C)cc1S(=O)(=O)Nc1ccccc1N(C(C)=O)C1CC1. The van der Waals surface area contributed by atoms with E-state index in [-0.39, 0.29) is 22.6 Å². The molecule has 3 rings (SSSR count). The molecule has 144 valence electrons. The molecule has 1 amide bonds. The molecule has 0 unspecified atom stereocenters. The number of methoxy groups -OCH3 is 1. The lowest BCUT2D eigenvalue weighted by molar-refractivity contribution is -0.116. The highest BCUT2D eigenvalue weighted by Crippen LogP contribution is 2.37. The topological polar surface area (TPSA) is 75.7 Å². The average Bonchev–Trinajstić information content (AvgIpc) is 3.43. The number of sulfonamides is 1. The lowest BCUT2D eigenvalue weighted by atomic mass is 10.1. The van der Waals surface area contributed by atoms with Crippen LogP contribution in [0.5, 0.6) is 5.75 Å². The zero-order valence-corrected chi connectivity index (χ0v) is 16.8. The maximum atomic E-state index is 13.1. The summed E-state index contributed by atoms with van der Waals surface area (Å²) in [6.07, 6.45) is 1.84. The van der Waals surface area contributed by atoms with Crippen molar-refractivity contribution < 1.29 is 17.9 Å². The van der Waals surface area contributed by atoms with Crippen molar-refractivity contribution in [1.29, 1.82) is 0 Å². The van der Waals surface area contributed by atoms with Crippen LogP contribution in [0.4, 0.5) is 11.4 Å². The Bertz CT molecular complexity index is 981. The van der Waals surface area contributed by atoms with Crippen molar-refractivity contribution >= 4 is 27.3 Å². The minimum absolute atomic E-state index is 0.0729. The maximum absolute atomic E-state index is 13.1. The van der Waals surface area contributed by atoms with E-state index < -0.39 is 10.0 Å². The average molecular weight is 388 g/mol. The number of hydrogen-bond acceptors (Lipinski definition) is 4. The zero-order valence-electron chi connectivity index (χ0n) is 15.9. The molecule has 1 N–H and O–H groups in total. The molecule has 0 bridgehead atoms. The molecule has 0 atom stereocenters. The zero-order chi connectivity index (χ0) is 19.8. The van der Waals surface area contributed by atoms with Crippen molar-refractivity contribution in [2.24, 2.45) is 0 Å². The Kier molecular flexibility index (Phi) is 5.15. The fourth-order valence-corrected chi connectivity index (χ4v) is 4.37. The van der Waals surface area contributed by atoms with Crippen LogP contribution in [0.25, 0.3) is 0 Å². The summed E-state index contributed by atoms with van der Waals surface area (Å²) in [4.78, 5) is 13.9. The molecule has 0 saturated heterocycles. The molecule has 0 aliphatic heterocycles. The molecule has 1 aliphatic carbocycles. The van der Waals surface area contributed by atoms with Crippen LogP contribution in [0.15, 0.2) is 41.3 Å². The third-order valence-corrected chi connectivity index (χ3v) is 6.12. The summed E-state index contributed by atoms with van der Waals surface area (Å²) < 4.78 is 34.1. The summed E-state index contributed by atoms with van der Waals surface area (Å²) in [5, 5.41) is 0. The van der Waals surface area contributed by atoms with Crippen molar-refractivity contribution in [2.75, 3.05) is 16.7 Å². The standard InChI is InChI=1S/C20H24N2O4S/c1-13-11-19(26-4)20(12-14(13)2)27(24,25)21-17-7-5-6-8-18(17)22(15(3)23)16-9-10-16/h5-8,11-12,16,21H,9-10H2,1-4H3. The van der Waals surface area contributed by atoms with Crippen LogP contribution in [0.2, 0.25) is 0 Å². The summed E-state index contributed by atoms with van der Waals surface area (Å²) in [6.45, 7) is 5.25. The number of aryl methyl sites for hydroxylation is 2. The van der Waals surface area contributed by atoms with Crippen molar-refractivity contribution in [3.63, 3.8) is 0 Å². The van der Waals surface area contributed by atoms with Crippen LogP contribution in [0.3, 0.4) is 0 Å². The predicted octanol–water partition coefficient (Wildman–Crippen LogP) is 3.63. The molecule has 0 radical (unpaired) electrons. The van der Waals surface area contributed by atoms with Crippen LogP contribution < -0.4 is 14.4 Å². The number of hydrogen-bond donors (Lipinski definition) is 1. The second-order valence-corrected chi connectivity index (χ2v) is 8.48. The fourth-order valence-electron chi connectivity index (χ4n) is 3.06. The fraction of sp³-hybridized carbons (Fsp3) is 0.350. The Morgan fingerprint density at radius 3 is 2.37 bits per heavy atom. The third kappa shape index (κ3) is 3.93. The lowest BCUT2D eigenvalue weighted by Crippen LogP contribution is -2.31. The summed E-state index contributed by atoms with van der Waals surface area (Å²) in [5.41, 5.74) is 2.74. The largest absolute Gasteiger partial charge is 0.495 e. The van der Waals surface area contributed by atoms with Gasteiger partial charge in [0.15, 0.2) is 0 Å². The number of benzene rings is 2. The van der Waals surface area contributed by atoms with E-state index >= 15 is 0 Å². The number of anilines is 2. The maximum Gasteiger partial charge on any atom is 0.265 e. The van der Waals surface area contributed by atoms with Crippen molar-refractivity contribution in [1.82, 2.24) is 0 Å². The number of amides is 1. The summed E-state index contributed by atoms with van der Waals surface area (Å²) in [5.74, 6) is 0.182. The van der Waals surface area contributed by atoms with Gasteiger partial charge in [0.05, 0.1) is 18.5 Å². The van der Waals surface area contributed by atoms with Gasteiger partial charge in [-0.1, -0.05) is 12.1 Å². The number of rotatable bonds is 6. The van der Waals surface area contributed by atoms with E-state index in [4.69, 9.17) is 4.74 Å². The van der Waals surface area contributed by atoms with Gasteiger partial charge in [-0.15, -0.1) is 0 Å². The summed E-state index contributed by atoms with van der Waals surface area (Å²) in [6, 6.07) is 10.4. The van der Waals surface area contributed by atoms with E-state index in [9.17, 15) is 13.2 Å². The quantitative estimate of drug-likeness (QED) is 0.820. The molecule has 27 heavy (non-hydrogen) atoms. The molecule has 1 saturated carbocycles. The monoisotopic (exact) mass is 388 g/mol.